The first-order valence-corrected chi connectivity index (χ1v) is 7.76. The van der Waals surface area contributed by atoms with Crippen molar-refractivity contribution in [3.8, 4) is 5.75 Å². The van der Waals surface area contributed by atoms with Crippen LogP contribution in [0.3, 0.4) is 0 Å². The second kappa shape index (κ2) is 7.84. The van der Waals surface area contributed by atoms with Gasteiger partial charge in [-0.3, -0.25) is 4.21 Å². The predicted octanol–water partition coefficient (Wildman–Crippen LogP) is 2.31. The zero-order valence-electron chi connectivity index (χ0n) is 9.90. The highest BCUT2D eigenvalue weighted by molar-refractivity contribution is 9.10. The van der Waals surface area contributed by atoms with E-state index in [1.165, 1.54) is 0 Å². The van der Waals surface area contributed by atoms with Gasteiger partial charge in [-0.25, -0.2) is 0 Å². The molecule has 0 saturated carbocycles. The lowest BCUT2D eigenvalue weighted by molar-refractivity contribution is 0.342. The average Bonchev–Trinajstić information content (AvgIpc) is 2.32. The van der Waals surface area contributed by atoms with Crippen LogP contribution in [0.15, 0.2) is 28.7 Å². The summed E-state index contributed by atoms with van der Waals surface area (Å²) in [5, 5.41) is 0.147. The van der Waals surface area contributed by atoms with Crippen molar-refractivity contribution in [3.05, 3.63) is 28.7 Å². The highest BCUT2D eigenvalue weighted by atomic mass is 79.9. The van der Waals surface area contributed by atoms with Gasteiger partial charge in [0, 0.05) is 20.5 Å². The normalized spacial score (nSPS) is 14.3. The Labute approximate surface area is 113 Å². The summed E-state index contributed by atoms with van der Waals surface area (Å²) < 4.78 is 18.3. The summed E-state index contributed by atoms with van der Waals surface area (Å²) in [4.78, 5) is 0. The molecule has 1 aromatic rings. The van der Waals surface area contributed by atoms with Crippen LogP contribution in [-0.2, 0) is 10.8 Å². The first kappa shape index (κ1) is 14.7. The molecule has 0 heterocycles. The van der Waals surface area contributed by atoms with Gasteiger partial charge in [-0.1, -0.05) is 22.9 Å². The van der Waals surface area contributed by atoms with Crippen LogP contribution < -0.4 is 10.5 Å². The predicted molar refractivity (Wildman–Crippen MR) is 75.8 cm³/mol. The van der Waals surface area contributed by atoms with E-state index in [2.05, 4.69) is 15.9 Å². The summed E-state index contributed by atoms with van der Waals surface area (Å²) in [6.07, 6.45) is 0.797. The smallest absolute Gasteiger partial charge is 0.119 e. The van der Waals surface area contributed by atoms with Gasteiger partial charge < -0.3 is 10.5 Å². The molecule has 5 heteroatoms. The van der Waals surface area contributed by atoms with E-state index in [1.807, 2.05) is 31.2 Å². The van der Waals surface area contributed by atoms with Gasteiger partial charge in [0.05, 0.1) is 12.4 Å². The Bertz CT molecular complexity index is 356. The molecule has 0 aliphatic carbocycles. The lowest BCUT2D eigenvalue weighted by Crippen LogP contribution is -2.21. The van der Waals surface area contributed by atoms with Gasteiger partial charge in [-0.2, -0.15) is 0 Å². The molecule has 2 atom stereocenters. The summed E-state index contributed by atoms with van der Waals surface area (Å²) in [5.41, 5.74) is 5.43. The fraction of sp³-hybridized carbons (Fsp3) is 0.500. The molecular weight excluding hydrogens is 302 g/mol. The van der Waals surface area contributed by atoms with Crippen molar-refractivity contribution in [2.24, 2.45) is 5.73 Å². The fourth-order valence-corrected chi connectivity index (χ4v) is 2.65. The Morgan fingerprint density at radius 1 is 1.41 bits per heavy atom. The third-order valence-corrected chi connectivity index (χ3v) is 4.62. The molecule has 96 valence electrons. The Hall–Kier alpha value is -0.390. The first-order valence-electron chi connectivity index (χ1n) is 5.59. The first-order chi connectivity index (χ1) is 8.13. The lowest BCUT2D eigenvalue weighted by Gasteiger charge is -2.10. The number of rotatable bonds is 7. The van der Waals surface area contributed by atoms with Gasteiger partial charge >= 0.3 is 0 Å². The number of hydrogen-bond acceptors (Lipinski definition) is 3. The minimum absolute atomic E-state index is 0.147. The van der Waals surface area contributed by atoms with Crippen LogP contribution >= 0.6 is 15.9 Å². The van der Waals surface area contributed by atoms with Crippen LogP contribution in [-0.4, -0.2) is 28.4 Å². The van der Waals surface area contributed by atoms with Gasteiger partial charge in [-0.15, -0.1) is 0 Å². The highest BCUT2D eigenvalue weighted by Gasteiger charge is 2.09. The van der Waals surface area contributed by atoms with Crippen LogP contribution in [0.4, 0.5) is 0 Å². The van der Waals surface area contributed by atoms with Crippen LogP contribution in [0.5, 0.6) is 5.75 Å². The van der Waals surface area contributed by atoms with E-state index in [0.29, 0.717) is 18.9 Å². The molecule has 0 spiro atoms. The Morgan fingerprint density at radius 2 is 2.06 bits per heavy atom. The molecule has 0 aliphatic rings. The highest BCUT2D eigenvalue weighted by Crippen LogP contribution is 2.16. The molecule has 1 aromatic carbocycles. The van der Waals surface area contributed by atoms with E-state index in [0.717, 1.165) is 16.6 Å². The summed E-state index contributed by atoms with van der Waals surface area (Å²) in [7, 11) is -0.857. The maximum Gasteiger partial charge on any atom is 0.119 e. The summed E-state index contributed by atoms with van der Waals surface area (Å²) >= 11 is 3.36. The molecule has 0 saturated heterocycles. The summed E-state index contributed by atoms with van der Waals surface area (Å²) in [6.45, 7) is 3.02. The van der Waals surface area contributed by atoms with Crippen molar-refractivity contribution in [3.63, 3.8) is 0 Å². The Balaban J connectivity index is 2.28. The SMILES string of the molecule is CC(CCN)S(=O)CCOc1ccc(Br)cc1. The molecule has 3 nitrogen and oxygen atoms in total. The van der Waals surface area contributed by atoms with Gasteiger partial charge in [-0.05, 0) is 37.2 Å². The third-order valence-electron chi connectivity index (χ3n) is 2.39. The zero-order chi connectivity index (χ0) is 12.7. The van der Waals surface area contributed by atoms with Crippen LogP contribution in [0.25, 0.3) is 0 Å². The maximum absolute atomic E-state index is 11.7. The largest absolute Gasteiger partial charge is 0.493 e. The van der Waals surface area contributed by atoms with Crippen molar-refractivity contribution < 1.29 is 8.95 Å². The quantitative estimate of drug-likeness (QED) is 0.839. The monoisotopic (exact) mass is 319 g/mol. The van der Waals surface area contributed by atoms with Gasteiger partial charge in [0.2, 0.25) is 0 Å². The van der Waals surface area contributed by atoms with Crippen LogP contribution in [0.1, 0.15) is 13.3 Å². The average molecular weight is 320 g/mol. The van der Waals surface area contributed by atoms with E-state index in [1.54, 1.807) is 0 Å². The van der Waals surface area contributed by atoms with Crippen molar-refractivity contribution in [2.45, 2.75) is 18.6 Å². The molecule has 1 rings (SSSR count). The second-order valence-corrected chi connectivity index (χ2v) is 6.67. The standard InChI is InChI=1S/C12H18BrNO2S/c1-10(6-7-14)17(15)9-8-16-12-4-2-11(13)3-5-12/h2-5,10H,6-9,14H2,1H3. The van der Waals surface area contributed by atoms with Crippen LogP contribution in [0.2, 0.25) is 0 Å². The summed E-state index contributed by atoms with van der Waals surface area (Å²) in [6, 6.07) is 7.61. The van der Waals surface area contributed by atoms with Gasteiger partial charge in [0.1, 0.15) is 5.75 Å². The van der Waals surface area contributed by atoms with E-state index >= 15 is 0 Å². The number of halogens is 1. The number of nitrogens with two attached hydrogens (primary N) is 1. The molecule has 0 amide bonds. The Morgan fingerprint density at radius 3 is 2.65 bits per heavy atom. The zero-order valence-corrected chi connectivity index (χ0v) is 12.3. The van der Waals surface area contributed by atoms with E-state index in [9.17, 15) is 4.21 Å². The Kier molecular flexibility index (Phi) is 6.77. The molecule has 0 aromatic heterocycles. The number of hydrogen-bond donors (Lipinski definition) is 1. The molecule has 2 N–H and O–H groups in total. The molecule has 0 bridgehead atoms. The van der Waals surface area contributed by atoms with Gasteiger partial charge in [0.15, 0.2) is 0 Å². The van der Waals surface area contributed by atoms with E-state index < -0.39 is 10.8 Å². The minimum atomic E-state index is -0.857. The van der Waals surface area contributed by atoms with Crippen molar-refractivity contribution >= 4 is 26.7 Å². The second-order valence-electron chi connectivity index (χ2n) is 3.78. The van der Waals surface area contributed by atoms with Crippen molar-refractivity contribution in [1.82, 2.24) is 0 Å². The van der Waals surface area contributed by atoms with Crippen LogP contribution in [0, 0.1) is 0 Å². The van der Waals surface area contributed by atoms with Crippen molar-refractivity contribution in [2.75, 3.05) is 18.9 Å². The molecule has 0 radical (unpaired) electrons. The molecular formula is C12H18BrNO2S. The fourth-order valence-electron chi connectivity index (χ4n) is 1.34. The summed E-state index contributed by atoms with van der Waals surface area (Å²) in [5.74, 6) is 1.36. The lowest BCUT2D eigenvalue weighted by atomic mass is 10.3. The van der Waals surface area contributed by atoms with Crippen molar-refractivity contribution in [1.29, 1.82) is 0 Å². The minimum Gasteiger partial charge on any atom is -0.493 e. The molecule has 0 aliphatic heterocycles. The number of benzene rings is 1. The molecule has 0 fully saturated rings. The number of ether oxygens (including phenoxy) is 1. The van der Waals surface area contributed by atoms with E-state index in [-0.39, 0.29) is 5.25 Å². The van der Waals surface area contributed by atoms with Gasteiger partial charge in [0.25, 0.3) is 0 Å². The maximum atomic E-state index is 11.7. The molecule has 2 unspecified atom stereocenters. The third kappa shape index (κ3) is 5.66. The van der Waals surface area contributed by atoms with E-state index in [4.69, 9.17) is 10.5 Å². The molecule has 17 heavy (non-hydrogen) atoms. The topological polar surface area (TPSA) is 52.3 Å².